The van der Waals surface area contributed by atoms with Crippen molar-refractivity contribution in [3.8, 4) is 22.6 Å². The zero-order valence-electron chi connectivity index (χ0n) is 19.7. The summed E-state index contributed by atoms with van der Waals surface area (Å²) in [5.41, 5.74) is 3.47. The third kappa shape index (κ3) is 3.78. The molecule has 9 heteroatoms. The lowest BCUT2D eigenvalue weighted by Gasteiger charge is -2.28. The fourth-order valence-electron chi connectivity index (χ4n) is 5.52. The summed E-state index contributed by atoms with van der Waals surface area (Å²) < 4.78 is 30.9. The molecule has 1 aliphatic carbocycles. The number of benzene rings is 1. The van der Waals surface area contributed by atoms with E-state index < -0.39 is 11.6 Å². The molecule has 0 radical (unpaired) electrons. The minimum absolute atomic E-state index is 0.0621. The third-order valence-electron chi connectivity index (χ3n) is 7.31. The molecular formula is C28H22F2N6O. The van der Waals surface area contributed by atoms with Gasteiger partial charge in [-0.1, -0.05) is 30.3 Å². The van der Waals surface area contributed by atoms with E-state index in [1.165, 1.54) is 24.5 Å². The molecular weight excluding hydrogens is 474 g/mol. The number of hydrogen-bond donors (Lipinski definition) is 0. The van der Waals surface area contributed by atoms with Crippen LogP contribution in [0.2, 0.25) is 0 Å². The molecule has 0 unspecified atom stereocenters. The Kier molecular flexibility index (Phi) is 4.92. The quantitative estimate of drug-likeness (QED) is 0.349. The molecule has 1 saturated heterocycles. The Bertz CT molecular complexity index is 1630. The molecule has 1 saturated carbocycles. The summed E-state index contributed by atoms with van der Waals surface area (Å²) in [5.74, 6) is -0.526. The number of fused-ring (bicyclic) bond motifs is 2. The lowest BCUT2D eigenvalue weighted by atomic mass is 10.1. The maximum absolute atomic E-state index is 14.3. The van der Waals surface area contributed by atoms with Gasteiger partial charge in [-0.25, -0.2) is 13.8 Å². The number of imidazole rings is 1. The van der Waals surface area contributed by atoms with Crippen molar-refractivity contribution in [3.63, 3.8) is 0 Å². The first-order valence-electron chi connectivity index (χ1n) is 12.3. The van der Waals surface area contributed by atoms with Crippen LogP contribution in [-0.4, -0.2) is 47.0 Å². The number of rotatable bonds is 5. The average molecular weight is 497 g/mol. The summed E-state index contributed by atoms with van der Waals surface area (Å²) in [6.07, 6.45) is 6.20. The van der Waals surface area contributed by atoms with E-state index >= 15 is 0 Å². The van der Waals surface area contributed by atoms with Crippen LogP contribution in [0.3, 0.4) is 0 Å². The Morgan fingerprint density at radius 2 is 1.78 bits per heavy atom. The Labute approximate surface area is 211 Å². The predicted molar refractivity (Wildman–Crippen MR) is 132 cm³/mol. The number of halogens is 2. The second kappa shape index (κ2) is 8.33. The van der Waals surface area contributed by atoms with Crippen LogP contribution >= 0.6 is 0 Å². The van der Waals surface area contributed by atoms with Gasteiger partial charge in [-0.3, -0.25) is 18.9 Å². The van der Waals surface area contributed by atoms with Crippen LogP contribution in [0, 0.1) is 17.6 Å². The van der Waals surface area contributed by atoms with Crippen LogP contribution in [0.4, 0.5) is 8.78 Å². The minimum Gasteiger partial charge on any atom is -0.329 e. The zero-order chi connectivity index (χ0) is 25.1. The number of hydrogen-bond acceptors (Lipinski definition) is 4. The van der Waals surface area contributed by atoms with Gasteiger partial charge < -0.3 is 4.90 Å². The first kappa shape index (κ1) is 21.8. The predicted octanol–water partition coefficient (Wildman–Crippen LogP) is 4.84. The summed E-state index contributed by atoms with van der Waals surface area (Å²) in [6, 6.07) is 17.4. The standard InChI is InChI=1S/C28H22F2N6O/c29-19-6-8-22(31-14-19)23-10-11-34(33-23)16-21-12-18-13-24(18)36(21)28(37)27-26(17-4-2-1-3-5-17)32-25-9-7-20(30)15-35(25)27/h1-11,14-15,18,21,24H,12-13,16H2/t18-,21+,24+/m1/s1. The molecule has 2 fully saturated rings. The van der Waals surface area contributed by atoms with Gasteiger partial charge in [0.25, 0.3) is 5.91 Å². The number of carbonyl (C=O) groups is 1. The summed E-state index contributed by atoms with van der Waals surface area (Å²) in [5, 5.41) is 4.62. The van der Waals surface area contributed by atoms with Crippen molar-refractivity contribution < 1.29 is 13.6 Å². The van der Waals surface area contributed by atoms with E-state index in [0.29, 0.717) is 40.9 Å². The van der Waals surface area contributed by atoms with E-state index in [0.717, 1.165) is 18.4 Å². The number of aromatic nitrogens is 5. The van der Waals surface area contributed by atoms with E-state index in [1.54, 1.807) is 16.5 Å². The van der Waals surface area contributed by atoms with E-state index in [4.69, 9.17) is 4.98 Å². The SMILES string of the molecule is O=C(c1c(-c2ccccc2)nc2ccc(F)cn12)N1[C@H](Cn2ccc(-c3ccc(F)cn3)n2)C[C@@H]2C[C@@H]21. The Morgan fingerprint density at radius 1 is 0.946 bits per heavy atom. The molecule has 37 heavy (non-hydrogen) atoms. The van der Waals surface area contributed by atoms with Crippen molar-refractivity contribution >= 4 is 11.6 Å². The van der Waals surface area contributed by atoms with Gasteiger partial charge in [-0.05, 0) is 49.1 Å². The molecule has 0 bridgehead atoms. The van der Waals surface area contributed by atoms with Crippen molar-refractivity contribution in [2.24, 2.45) is 5.92 Å². The normalized spacial score (nSPS) is 20.4. The molecule has 3 atom stereocenters. The second-order valence-corrected chi connectivity index (χ2v) is 9.70. The monoisotopic (exact) mass is 496 g/mol. The van der Waals surface area contributed by atoms with Gasteiger partial charge >= 0.3 is 0 Å². The molecule has 1 aliphatic heterocycles. The van der Waals surface area contributed by atoms with Crippen molar-refractivity contribution in [1.82, 2.24) is 29.0 Å². The molecule has 2 aliphatic rings. The number of nitrogens with zero attached hydrogens (tertiary/aromatic N) is 6. The van der Waals surface area contributed by atoms with Gasteiger partial charge in [0.15, 0.2) is 0 Å². The number of likely N-dealkylation sites (tertiary alicyclic amines) is 1. The Morgan fingerprint density at radius 3 is 2.59 bits per heavy atom. The maximum atomic E-state index is 14.3. The summed E-state index contributed by atoms with van der Waals surface area (Å²) in [7, 11) is 0. The summed E-state index contributed by atoms with van der Waals surface area (Å²) in [4.78, 5) is 25.0. The van der Waals surface area contributed by atoms with Gasteiger partial charge in [-0.15, -0.1) is 0 Å². The zero-order valence-corrected chi connectivity index (χ0v) is 19.7. The van der Waals surface area contributed by atoms with Gasteiger partial charge in [0.05, 0.1) is 24.5 Å². The molecule has 184 valence electrons. The minimum atomic E-state index is -0.431. The van der Waals surface area contributed by atoms with Crippen LogP contribution in [0.25, 0.3) is 28.3 Å². The van der Waals surface area contributed by atoms with E-state index in [9.17, 15) is 13.6 Å². The highest BCUT2D eigenvalue weighted by molar-refractivity contribution is 6.00. The number of carbonyl (C=O) groups excluding carboxylic acids is 1. The Balaban J connectivity index is 1.23. The van der Waals surface area contributed by atoms with Crippen molar-refractivity contribution in [1.29, 1.82) is 0 Å². The molecule has 7 nitrogen and oxygen atoms in total. The van der Waals surface area contributed by atoms with Crippen LogP contribution in [-0.2, 0) is 6.54 Å². The fraction of sp³-hybridized carbons (Fsp3) is 0.214. The smallest absolute Gasteiger partial charge is 0.273 e. The van der Waals surface area contributed by atoms with E-state index in [-0.39, 0.29) is 18.0 Å². The molecule has 0 N–H and O–H groups in total. The maximum Gasteiger partial charge on any atom is 0.273 e. The lowest BCUT2D eigenvalue weighted by Crippen LogP contribution is -2.41. The lowest BCUT2D eigenvalue weighted by molar-refractivity contribution is 0.0675. The van der Waals surface area contributed by atoms with Gasteiger partial charge in [0, 0.05) is 24.0 Å². The fourth-order valence-corrected chi connectivity index (χ4v) is 5.52. The second-order valence-electron chi connectivity index (χ2n) is 9.70. The molecule has 1 amide bonds. The van der Waals surface area contributed by atoms with Crippen LogP contribution < -0.4 is 0 Å². The largest absolute Gasteiger partial charge is 0.329 e. The van der Waals surface area contributed by atoms with Crippen LogP contribution in [0.5, 0.6) is 0 Å². The van der Waals surface area contributed by atoms with Crippen LogP contribution in [0.15, 0.2) is 79.3 Å². The number of piperidine rings is 1. The number of pyridine rings is 2. The highest BCUT2D eigenvalue weighted by Gasteiger charge is 2.54. The van der Waals surface area contributed by atoms with Crippen molar-refractivity contribution in [2.45, 2.75) is 31.5 Å². The molecule has 0 spiro atoms. The van der Waals surface area contributed by atoms with E-state index in [2.05, 4.69) is 10.1 Å². The first-order chi connectivity index (χ1) is 18.0. The van der Waals surface area contributed by atoms with Crippen LogP contribution in [0.1, 0.15) is 23.3 Å². The Hall–Kier alpha value is -4.40. The summed E-state index contributed by atoms with van der Waals surface area (Å²) >= 11 is 0. The first-order valence-corrected chi connectivity index (χ1v) is 12.3. The van der Waals surface area contributed by atoms with Gasteiger partial charge in [0.2, 0.25) is 0 Å². The highest BCUT2D eigenvalue weighted by atomic mass is 19.1. The summed E-state index contributed by atoms with van der Waals surface area (Å²) in [6.45, 7) is 0.520. The van der Waals surface area contributed by atoms with Gasteiger partial charge in [-0.2, -0.15) is 5.10 Å². The highest BCUT2D eigenvalue weighted by Crippen LogP contribution is 2.49. The molecule has 7 rings (SSSR count). The molecule has 5 aromatic rings. The van der Waals surface area contributed by atoms with E-state index in [1.807, 2.05) is 52.2 Å². The average Bonchev–Trinajstić information content (AvgIpc) is 3.22. The van der Waals surface area contributed by atoms with Crippen molar-refractivity contribution in [3.05, 3.63) is 96.6 Å². The molecule has 1 aromatic carbocycles. The van der Waals surface area contributed by atoms with Crippen molar-refractivity contribution in [2.75, 3.05) is 0 Å². The van der Waals surface area contributed by atoms with Gasteiger partial charge in [0.1, 0.15) is 34.4 Å². The molecule has 4 aromatic heterocycles. The number of amides is 1. The third-order valence-corrected chi connectivity index (χ3v) is 7.31. The topological polar surface area (TPSA) is 68.3 Å². The molecule has 5 heterocycles.